The van der Waals surface area contributed by atoms with Crippen molar-refractivity contribution < 1.29 is 9.53 Å². The Bertz CT molecular complexity index is 956. The highest BCUT2D eigenvalue weighted by molar-refractivity contribution is 6.03. The standard InChI is InChI=1S/C21H22N4O2/c1-14-8-9-17(15(2)10-14)25-21(26)18-11-20(24-13-23-18)22-12-16-6-4-5-7-19(16)27-3/h4-11,13H,12H2,1-3H3,(H,25,26)(H,22,23,24). The molecule has 0 aliphatic rings. The van der Waals surface area contributed by atoms with E-state index >= 15 is 0 Å². The smallest absolute Gasteiger partial charge is 0.274 e. The van der Waals surface area contributed by atoms with Gasteiger partial charge in [-0.25, -0.2) is 9.97 Å². The van der Waals surface area contributed by atoms with Crippen molar-refractivity contribution >= 4 is 17.4 Å². The minimum Gasteiger partial charge on any atom is -0.496 e. The van der Waals surface area contributed by atoms with Gasteiger partial charge in [-0.2, -0.15) is 0 Å². The number of aryl methyl sites for hydroxylation is 2. The average Bonchev–Trinajstić information content (AvgIpc) is 2.69. The molecule has 0 unspecified atom stereocenters. The lowest BCUT2D eigenvalue weighted by atomic mass is 10.1. The molecule has 0 saturated heterocycles. The van der Waals surface area contributed by atoms with Crippen molar-refractivity contribution in [3.63, 3.8) is 0 Å². The number of nitrogens with zero attached hydrogens (tertiary/aromatic N) is 2. The van der Waals surface area contributed by atoms with Gasteiger partial charge in [-0.05, 0) is 31.5 Å². The fraction of sp³-hybridized carbons (Fsp3) is 0.190. The zero-order valence-electron chi connectivity index (χ0n) is 15.6. The van der Waals surface area contributed by atoms with E-state index in [1.165, 1.54) is 6.33 Å². The predicted molar refractivity (Wildman–Crippen MR) is 106 cm³/mol. The van der Waals surface area contributed by atoms with Crippen LogP contribution in [0, 0.1) is 13.8 Å². The van der Waals surface area contributed by atoms with Crippen molar-refractivity contribution in [2.45, 2.75) is 20.4 Å². The number of rotatable bonds is 6. The minimum atomic E-state index is -0.273. The zero-order chi connectivity index (χ0) is 19.2. The van der Waals surface area contributed by atoms with Crippen molar-refractivity contribution in [1.29, 1.82) is 0 Å². The molecule has 0 saturated carbocycles. The fourth-order valence-electron chi connectivity index (χ4n) is 2.75. The maximum atomic E-state index is 12.5. The van der Waals surface area contributed by atoms with Gasteiger partial charge in [-0.1, -0.05) is 35.9 Å². The highest BCUT2D eigenvalue weighted by Gasteiger charge is 2.11. The maximum Gasteiger partial charge on any atom is 0.274 e. The van der Waals surface area contributed by atoms with Crippen LogP contribution in [0.25, 0.3) is 0 Å². The quantitative estimate of drug-likeness (QED) is 0.694. The van der Waals surface area contributed by atoms with Crippen LogP contribution in [0.15, 0.2) is 54.9 Å². The third kappa shape index (κ3) is 4.61. The van der Waals surface area contributed by atoms with Gasteiger partial charge in [0.05, 0.1) is 7.11 Å². The van der Waals surface area contributed by atoms with E-state index < -0.39 is 0 Å². The molecule has 0 fully saturated rings. The third-order valence-electron chi connectivity index (χ3n) is 4.18. The van der Waals surface area contributed by atoms with E-state index in [1.807, 2.05) is 56.3 Å². The number of carbonyl (C=O) groups excluding carboxylic acids is 1. The third-order valence-corrected chi connectivity index (χ3v) is 4.18. The van der Waals surface area contributed by atoms with Gasteiger partial charge in [0.15, 0.2) is 0 Å². The van der Waals surface area contributed by atoms with E-state index in [4.69, 9.17) is 4.74 Å². The second-order valence-corrected chi connectivity index (χ2v) is 6.23. The normalized spacial score (nSPS) is 10.3. The Morgan fingerprint density at radius 3 is 2.67 bits per heavy atom. The number of carbonyl (C=O) groups is 1. The molecule has 3 rings (SSSR count). The molecule has 3 aromatic rings. The van der Waals surface area contributed by atoms with Crippen molar-refractivity contribution in [3.8, 4) is 5.75 Å². The second-order valence-electron chi connectivity index (χ2n) is 6.23. The van der Waals surface area contributed by atoms with Crippen molar-refractivity contribution in [3.05, 3.63) is 77.2 Å². The molecule has 0 aliphatic heterocycles. The molecule has 6 nitrogen and oxygen atoms in total. The molecule has 138 valence electrons. The average molecular weight is 362 g/mol. The lowest BCUT2D eigenvalue weighted by Crippen LogP contribution is -2.15. The first kappa shape index (κ1) is 18.4. The number of benzene rings is 2. The summed E-state index contributed by atoms with van der Waals surface area (Å²) in [4.78, 5) is 20.8. The zero-order valence-corrected chi connectivity index (χ0v) is 15.6. The Balaban J connectivity index is 1.70. The van der Waals surface area contributed by atoms with Crippen LogP contribution in [-0.2, 0) is 6.54 Å². The van der Waals surface area contributed by atoms with Gasteiger partial charge in [0.2, 0.25) is 0 Å². The number of anilines is 2. The molecule has 27 heavy (non-hydrogen) atoms. The van der Waals surface area contributed by atoms with Crippen molar-refractivity contribution in [2.24, 2.45) is 0 Å². The van der Waals surface area contributed by atoms with E-state index in [2.05, 4.69) is 20.6 Å². The van der Waals surface area contributed by atoms with E-state index in [1.54, 1.807) is 13.2 Å². The first-order valence-corrected chi connectivity index (χ1v) is 8.63. The minimum absolute atomic E-state index is 0.273. The summed E-state index contributed by atoms with van der Waals surface area (Å²) in [6, 6.07) is 15.3. The SMILES string of the molecule is COc1ccccc1CNc1cc(C(=O)Nc2ccc(C)cc2C)ncn1. The summed E-state index contributed by atoms with van der Waals surface area (Å²) in [5.74, 6) is 1.10. The van der Waals surface area contributed by atoms with Crippen LogP contribution >= 0.6 is 0 Å². The lowest BCUT2D eigenvalue weighted by molar-refractivity contribution is 0.102. The fourth-order valence-corrected chi connectivity index (χ4v) is 2.75. The number of hydrogen-bond acceptors (Lipinski definition) is 5. The Morgan fingerprint density at radius 1 is 1.07 bits per heavy atom. The van der Waals surface area contributed by atoms with Crippen LogP contribution in [0.5, 0.6) is 5.75 Å². The topological polar surface area (TPSA) is 76.1 Å². The van der Waals surface area contributed by atoms with Gasteiger partial charge in [0.1, 0.15) is 23.6 Å². The summed E-state index contributed by atoms with van der Waals surface area (Å²) in [5.41, 5.74) is 4.22. The van der Waals surface area contributed by atoms with Gasteiger partial charge in [-0.15, -0.1) is 0 Å². The lowest BCUT2D eigenvalue weighted by Gasteiger charge is -2.11. The van der Waals surface area contributed by atoms with E-state index in [0.29, 0.717) is 18.1 Å². The number of ether oxygens (including phenoxy) is 1. The largest absolute Gasteiger partial charge is 0.496 e. The summed E-state index contributed by atoms with van der Waals surface area (Å²) in [5, 5.41) is 6.10. The summed E-state index contributed by atoms with van der Waals surface area (Å²) in [7, 11) is 1.64. The number of aromatic nitrogens is 2. The predicted octanol–water partition coefficient (Wildman–Crippen LogP) is 3.97. The molecule has 2 aromatic carbocycles. The highest BCUT2D eigenvalue weighted by atomic mass is 16.5. The van der Waals surface area contributed by atoms with Crippen LogP contribution in [0.3, 0.4) is 0 Å². The molecule has 1 heterocycles. The summed E-state index contributed by atoms with van der Waals surface area (Å²) < 4.78 is 5.34. The number of hydrogen-bond donors (Lipinski definition) is 2. The van der Waals surface area contributed by atoms with Crippen molar-refractivity contribution in [2.75, 3.05) is 17.7 Å². The molecule has 0 spiro atoms. The molecular formula is C21H22N4O2. The Kier molecular flexibility index (Phi) is 5.66. The highest BCUT2D eigenvalue weighted by Crippen LogP contribution is 2.19. The number of nitrogens with one attached hydrogen (secondary N) is 2. The number of amides is 1. The van der Waals surface area contributed by atoms with Gasteiger partial charge >= 0.3 is 0 Å². The molecule has 6 heteroatoms. The van der Waals surface area contributed by atoms with Crippen LogP contribution in [0.4, 0.5) is 11.5 Å². The second kappa shape index (κ2) is 8.31. The Hall–Kier alpha value is -3.41. The Morgan fingerprint density at radius 2 is 1.89 bits per heavy atom. The van der Waals surface area contributed by atoms with Gasteiger partial charge < -0.3 is 15.4 Å². The van der Waals surface area contributed by atoms with E-state index in [0.717, 1.165) is 28.1 Å². The first-order chi connectivity index (χ1) is 13.1. The van der Waals surface area contributed by atoms with Gasteiger partial charge in [-0.3, -0.25) is 4.79 Å². The molecule has 0 atom stereocenters. The molecule has 0 aliphatic carbocycles. The number of para-hydroxylation sites is 1. The molecule has 0 radical (unpaired) electrons. The first-order valence-electron chi connectivity index (χ1n) is 8.63. The Labute approximate surface area is 158 Å². The monoisotopic (exact) mass is 362 g/mol. The molecule has 2 N–H and O–H groups in total. The summed E-state index contributed by atoms with van der Waals surface area (Å²) in [6.45, 7) is 4.50. The van der Waals surface area contributed by atoms with E-state index in [9.17, 15) is 4.79 Å². The molecular weight excluding hydrogens is 340 g/mol. The van der Waals surface area contributed by atoms with Crippen LogP contribution in [0.2, 0.25) is 0 Å². The van der Waals surface area contributed by atoms with Crippen LogP contribution < -0.4 is 15.4 Å². The van der Waals surface area contributed by atoms with Gasteiger partial charge in [0, 0.05) is 23.9 Å². The van der Waals surface area contributed by atoms with Gasteiger partial charge in [0.25, 0.3) is 5.91 Å². The molecule has 0 bridgehead atoms. The van der Waals surface area contributed by atoms with Crippen molar-refractivity contribution in [1.82, 2.24) is 9.97 Å². The van der Waals surface area contributed by atoms with Crippen LogP contribution in [0.1, 0.15) is 27.2 Å². The number of methoxy groups -OCH3 is 1. The van der Waals surface area contributed by atoms with Crippen LogP contribution in [-0.4, -0.2) is 23.0 Å². The molecule has 1 aromatic heterocycles. The molecule has 1 amide bonds. The summed E-state index contributed by atoms with van der Waals surface area (Å²) in [6.07, 6.45) is 1.38. The summed E-state index contributed by atoms with van der Waals surface area (Å²) >= 11 is 0. The van der Waals surface area contributed by atoms with E-state index in [-0.39, 0.29) is 5.91 Å². The maximum absolute atomic E-state index is 12.5.